The summed E-state index contributed by atoms with van der Waals surface area (Å²) >= 11 is 1.56. The molecule has 1 aromatic heterocycles. The standard InChI is InChI=1S/C18H18N4OS/c1-14-9-11-16(12-10-14)22-18(19-20-21-22)24-13-5-8-17(23)15-6-3-2-4-7-15/h2-4,6-7,9-12H,5,8,13H2,1H3. The molecule has 24 heavy (non-hydrogen) atoms. The first-order chi connectivity index (χ1) is 11.7. The van der Waals surface area contributed by atoms with Crippen LogP contribution in [0.3, 0.4) is 0 Å². The number of benzene rings is 2. The molecule has 0 saturated carbocycles. The van der Waals surface area contributed by atoms with E-state index in [4.69, 9.17) is 0 Å². The zero-order chi connectivity index (χ0) is 16.8. The van der Waals surface area contributed by atoms with Crippen LogP contribution in [0, 0.1) is 6.92 Å². The average molecular weight is 338 g/mol. The van der Waals surface area contributed by atoms with Gasteiger partial charge in [0.05, 0.1) is 5.69 Å². The quantitative estimate of drug-likeness (QED) is 0.373. The van der Waals surface area contributed by atoms with Crippen molar-refractivity contribution in [2.24, 2.45) is 0 Å². The highest BCUT2D eigenvalue weighted by Gasteiger charge is 2.10. The van der Waals surface area contributed by atoms with Crippen LogP contribution in [-0.4, -0.2) is 31.7 Å². The number of carbonyl (C=O) groups is 1. The van der Waals surface area contributed by atoms with Gasteiger partial charge in [-0.15, -0.1) is 5.10 Å². The highest BCUT2D eigenvalue weighted by atomic mass is 32.2. The van der Waals surface area contributed by atoms with Crippen molar-refractivity contribution in [1.82, 2.24) is 20.2 Å². The maximum atomic E-state index is 12.1. The van der Waals surface area contributed by atoms with E-state index in [9.17, 15) is 4.79 Å². The van der Waals surface area contributed by atoms with E-state index in [1.54, 1.807) is 16.4 Å². The number of nitrogens with zero attached hydrogens (tertiary/aromatic N) is 4. The second kappa shape index (κ2) is 7.88. The first-order valence-corrected chi connectivity index (χ1v) is 8.79. The van der Waals surface area contributed by atoms with E-state index < -0.39 is 0 Å². The van der Waals surface area contributed by atoms with Crippen LogP contribution < -0.4 is 0 Å². The van der Waals surface area contributed by atoms with Crippen LogP contribution in [0.2, 0.25) is 0 Å². The van der Waals surface area contributed by atoms with Gasteiger partial charge in [0.15, 0.2) is 5.78 Å². The molecule has 5 nitrogen and oxygen atoms in total. The van der Waals surface area contributed by atoms with Crippen molar-refractivity contribution in [3.8, 4) is 5.69 Å². The molecule has 0 aliphatic rings. The Morgan fingerprint density at radius 1 is 1.08 bits per heavy atom. The molecule has 0 fully saturated rings. The largest absolute Gasteiger partial charge is 0.294 e. The Bertz CT molecular complexity index is 799. The Morgan fingerprint density at radius 3 is 2.58 bits per heavy atom. The zero-order valence-electron chi connectivity index (χ0n) is 13.4. The summed E-state index contributed by atoms with van der Waals surface area (Å²) in [7, 11) is 0. The minimum atomic E-state index is 0.175. The number of rotatable bonds is 7. The molecule has 0 unspecified atom stereocenters. The minimum absolute atomic E-state index is 0.175. The van der Waals surface area contributed by atoms with Crippen LogP contribution in [0.25, 0.3) is 5.69 Å². The summed E-state index contributed by atoms with van der Waals surface area (Å²) in [6.45, 7) is 2.04. The molecule has 0 N–H and O–H groups in total. The molecule has 0 saturated heterocycles. The summed E-state index contributed by atoms with van der Waals surface area (Å²) in [5.41, 5.74) is 2.90. The molecule has 0 aliphatic heterocycles. The normalized spacial score (nSPS) is 10.7. The summed E-state index contributed by atoms with van der Waals surface area (Å²) in [6, 6.07) is 17.4. The number of carbonyl (C=O) groups excluding carboxylic acids is 1. The number of thioether (sulfide) groups is 1. The lowest BCUT2D eigenvalue weighted by Gasteiger charge is -2.04. The van der Waals surface area contributed by atoms with E-state index in [0.29, 0.717) is 6.42 Å². The maximum absolute atomic E-state index is 12.1. The molecule has 2 aromatic carbocycles. The molecule has 0 bridgehead atoms. The lowest BCUT2D eigenvalue weighted by molar-refractivity contribution is 0.0982. The molecule has 0 spiro atoms. The van der Waals surface area contributed by atoms with Gasteiger partial charge in [0.1, 0.15) is 0 Å². The van der Waals surface area contributed by atoms with Gasteiger partial charge in [0, 0.05) is 17.7 Å². The molecule has 0 radical (unpaired) electrons. The molecule has 122 valence electrons. The third-order valence-corrected chi connectivity index (χ3v) is 4.60. The van der Waals surface area contributed by atoms with Crippen LogP contribution in [0.5, 0.6) is 0 Å². The van der Waals surface area contributed by atoms with E-state index in [1.807, 2.05) is 61.5 Å². The van der Waals surface area contributed by atoms with Gasteiger partial charge < -0.3 is 0 Å². The summed E-state index contributed by atoms with van der Waals surface area (Å²) < 4.78 is 1.73. The minimum Gasteiger partial charge on any atom is -0.294 e. The Hall–Kier alpha value is -2.47. The zero-order valence-corrected chi connectivity index (χ0v) is 14.2. The van der Waals surface area contributed by atoms with E-state index in [0.717, 1.165) is 28.6 Å². The van der Waals surface area contributed by atoms with Gasteiger partial charge in [-0.25, -0.2) is 0 Å². The Balaban J connectivity index is 1.54. The van der Waals surface area contributed by atoms with E-state index in [-0.39, 0.29) is 5.78 Å². The van der Waals surface area contributed by atoms with Gasteiger partial charge in [-0.3, -0.25) is 4.79 Å². The number of hydrogen-bond donors (Lipinski definition) is 0. The molecule has 6 heteroatoms. The number of ketones is 1. The first-order valence-electron chi connectivity index (χ1n) is 7.80. The van der Waals surface area contributed by atoms with Crippen molar-refractivity contribution in [2.75, 3.05) is 5.75 Å². The van der Waals surface area contributed by atoms with Gasteiger partial charge in [-0.2, -0.15) is 4.68 Å². The molecule has 0 aliphatic carbocycles. The Kier molecular flexibility index (Phi) is 5.38. The maximum Gasteiger partial charge on any atom is 0.214 e. The summed E-state index contributed by atoms with van der Waals surface area (Å²) in [4.78, 5) is 12.1. The lowest BCUT2D eigenvalue weighted by atomic mass is 10.1. The first kappa shape index (κ1) is 16.4. The fraction of sp³-hybridized carbons (Fsp3) is 0.222. The Morgan fingerprint density at radius 2 is 1.83 bits per heavy atom. The highest BCUT2D eigenvalue weighted by molar-refractivity contribution is 7.99. The molecular formula is C18H18N4OS. The van der Waals surface area contributed by atoms with Crippen LogP contribution in [0.4, 0.5) is 0 Å². The molecule has 0 amide bonds. The van der Waals surface area contributed by atoms with E-state index in [2.05, 4.69) is 15.5 Å². The number of aryl methyl sites for hydroxylation is 1. The van der Waals surface area contributed by atoms with Crippen molar-refractivity contribution in [3.63, 3.8) is 0 Å². The number of aromatic nitrogens is 4. The predicted octanol–water partition coefficient (Wildman–Crippen LogP) is 3.73. The van der Waals surface area contributed by atoms with Gasteiger partial charge >= 0.3 is 0 Å². The highest BCUT2D eigenvalue weighted by Crippen LogP contribution is 2.20. The lowest BCUT2D eigenvalue weighted by Crippen LogP contribution is -2.01. The predicted molar refractivity (Wildman–Crippen MR) is 94.6 cm³/mol. The van der Waals surface area contributed by atoms with Gasteiger partial charge in [0.25, 0.3) is 0 Å². The molecule has 3 aromatic rings. The summed E-state index contributed by atoms with van der Waals surface area (Å²) in [5, 5.41) is 12.6. The third-order valence-electron chi connectivity index (χ3n) is 3.59. The number of tetrazole rings is 1. The van der Waals surface area contributed by atoms with Gasteiger partial charge in [-0.1, -0.05) is 59.8 Å². The smallest absolute Gasteiger partial charge is 0.214 e. The van der Waals surface area contributed by atoms with E-state index in [1.165, 1.54) is 5.56 Å². The molecule has 1 heterocycles. The SMILES string of the molecule is Cc1ccc(-n2nnnc2SCCCC(=O)c2ccccc2)cc1. The average Bonchev–Trinajstić information content (AvgIpc) is 3.08. The number of hydrogen-bond acceptors (Lipinski definition) is 5. The number of Topliss-reactive ketones (excluding diaryl/α,β-unsaturated/α-hetero) is 1. The van der Waals surface area contributed by atoms with Crippen LogP contribution in [-0.2, 0) is 0 Å². The molecular weight excluding hydrogens is 320 g/mol. The van der Waals surface area contributed by atoms with Gasteiger partial charge in [0.2, 0.25) is 5.16 Å². The van der Waals surface area contributed by atoms with E-state index >= 15 is 0 Å². The monoisotopic (exact) mass is 338 g/mol. The van der Waals surface area contributed by atoms with Crippen molar-refractivity contribution in [3.05, 3.63) is 65.7 Å². The van der Waals surface area contributed by atoms with Crippen LogP contribution in [0.15, 0.2) is 59.8 Å². The Labute approximate surface area is 145 Å². The summed E-state index contributed by atoms with van der Waals surface area (Å²) in [5.74, 6) is 0.972. The van der Waals surface area contributed by atoms with Crippen molar-refractivity contribution in [1.29, 1.82) is 0 Å². The fourth-order valence-corrected chi connectivity index (χ4v) is 3.11. The van der Waals surface area contributed by atoms with Crippen LogP contribution >= 0.6 is 11.8 Å². The second-order valence-corrected chi connectivity index (χ2v) is 6.51. The van der Waals surface area contributed by atoms with Crippen molar-refractivity contribution >= 4 is 17.5 Å². The molecule has 3 rings (SSSR count). The second-order valence-electron chi connectivity index (χ2n) is 5.45. The van der Waals surface area contributed by atoms with Crippen LogP contribution in [0.1, 0.15) is 28.8 Å². The molecule has 0 atom stereocenters. The van der Waals surface area contributed by atoms with Crippen molar-refractivity contribution < 1.29 is 4.79 Å². The van der Waals surface area contributed by atoms with Gasteiger partial charge in [-0.05, 0) is 35.9 Å². The van der Waals surface area contributed by atoms with Crippen molar-refractivity contribution in [2.45, 2.75) is 24.9 Å². The topological polar surface area (TPSA) is 60.7 Å². The fourth-order valence-electron chi connectivity index (χ4n) is 2.28. The third kappa shape index (κ3) is 4.08. The summed E-state index contributed by atoms with van der Waals surface area (Å²) in [6.07, 6.45) is 1.32.